The number of carboxylic acid groups (broad SMARTS) is 1. The lowest BCUT2D eigenvalue weighted by Crippen LogP contribution is -2.36. The van der Waals surface area contributed by atoms with Crippen molar-refractivity contribution in [3.05, 3.63) is 23.5 Å². The van der Waals surface area contributed by atoms with E-state index in [2.05, 4.69) is 5.32 Å². The molecule has 0 aromatic heterocycles. The normalized spacial score (nSPS) is 16.3. The van der Waals surface area contributed by atoms with Crippen molar-refractivity contribution in [2.75, 3.05) is 18.5 Å². The number of nitrogens with two attached hydrogens (primary N) is 1. The van der Waals surface area contributed by atoms with Crippen LogP contribution in [0, 0.1) is 5.82 Å². The van der Waals surface area contributed by atoms with E-state index < -0.39 is 24.9 Å². The average molecular weight is 268 g/mol. The van der Waals surface area contributed by atoms with Crippen molar-refractivity contribution < 1.29 is 24.0 Å². The molecule has 1 heterocycles. The van der Waals surface area contributed by atoms with E-state index in [1.54, 1.807) is 0 Å². The molecule has 0 aliphatic carbocycles. The molecule has 1 aromatic rings. The lowest BCUT2D eigenvalue weighted by molar-refractivity contribution is -0.138. The third-order valence-electron chi connectivity index (χ3n) is 2.90. The van der Waals surface area contributed by atoms with Crippen LogP contribution in [0.15, 0.2) is 12.1 Å². The minimum absolute atomic E-state index is 0.0216. The number of rotatable bonds is 3. The van der Waals surface area contributed by atoms with Crippen LogP contribution in [0.25, 0.3) is 0 Å². The number of nitrogens with one attached hydrogen (secondary N) is 1. The third kappa shape index (κ3) is 3.03. The van der Waals surface area contributed by atoms with Crippen molar-refractivity contribution in [3.63, 3.8) is 0 Å². The summed E-state index contributed by atoms with van der Waals surface area (Å²) in [6.45, 7) is 0.633. The van der Waals surface area contributed by atoms with Crippen molar-refractivity contribution in [3.8, 4) is 0 Å². The Morgan fingerprint density at radius 2 is 2.37 bits per heavy atom. The summed E-state index contributed by atoms with van der Waals surface area (Å²) in [5, 5.41) is 21.3. The zero-order valence-electron chi connectivity index (χ0n) is 10.1. The molecule has 0 saturated carbocycles. The smallest absolute Gasteiger partial charge is 0.480 e. The van der Waals surface area contributed by atoms with Crippen molar-refractivity contribution in [1.29, 1.82) is 0 Å². The maximum Gasteiger partial charge on any atom is 0.493 e. The lowest BCUT2D eigenvalue weighted by atomic mass is 9.77. The van der Waals surface area contributed by atoms with Crippen molar-refractivity contribution in [2.45, 2.75) is 12.5 Å². The van der Waals surface area contributed by atoms with E-state index in [4.69, 9.17) is 15.5 Å². The highest BCUT2D eigenvalue weighted by Gasteiger charge is 2.26. The van der Waals surface area contributed by atoms with Gasteiger partial charge in [0.15, 0.2) is 0 Å². The van der Waals surface area contributed by atoms with Gasteiger partial charge in [0.05, 0.1) is 5.69 Å². The van der Waals surface area contributed by atoms with E-state index in [-0.39, 0.29) is 24.2 Å². The minimum Gasteiger partial charge on any atom is -0.480 e. The van der Waals surface area contributed by atoms with Gasteiger partial charge in [-0.05, 0) is 18.1 Å². The van der Waals surface area contributed by atoms with Gasteiger partial charge in [-0.15, -0.1) is 0 Å². The summed E-state index contributed by atoms with van der Waals surface area (Å²) in [7, 11) is -1.24. The number of hydrogen-bond acceptors (Lipinski definition) is 5. The Labute approximate surface area is 109 Å². The first-order valence-corrected chi connectivity index (χ1v) is 5.83. The van der Waals surface area contributed by atoms with E-state index in [1.807, 2.05) is 0 Å². The molecule has 0 radical (unpaired) electrons. The highest BCUT2D eigenvalue weighted by molar-refractivity contribution is 6.62. The van der Waals surface area contributed by atoms with Gasteiger partial charge in [-0.3, -0.25) is 4.79 Å². The molecule has 1 aromatic carbocycles. The number of carbonyl (C=O) groups is 1. The van der Waals surface area contributed by atoms with Gasteiger partial charge in [-0.2, -0.15) is 0 Å². The van der Waals surface area contributed by atoms with Crippen LogP contribution in [0.4, 0.5) is 10.1 Å². The Morgan fingerprint density at radius 1 is 1.63 bits per heavy atom. The number of carboxylic acids is 1. The fourth-order valence-corrected chi connectivity index (χ4v) is 1.96. The summed E-state index contributed by atoms with van der Waals surface area (Å²) >= 11 is 0. The Balaban J connectivity index is 2.33. The summed E-state index contributed by atoms with van der Waals surface area (Å²) < 4.78 is 19.0. The molecule has 1 aliphatic rings. The molecule has 1 aliphatic heterocycles. The fourth-order valence-electron chi connectivity index (χ4n) is 1.96. The summed E-state index contributed by atoms with van der Waals surface area (Å²) in [5.41, 5.74) is 6.24. The van der Waals surface area contributed by atoms with Crippen molar-refractivity contribution in [1.82, 2.24) is 0 Å². The highest BCUT2D eigenvalue weighted by atomic mass is 19.1. The van der Waals surface area contributed by atoms with Crippen LogP contribution in [-0.2, 0) is 15.9 Å². The van der Waals surface area contributed by atoms with Gasteiger partial charge in [-0.25, -0.2) is 4.39 Å². The zero-order valence-corrected chi connectivity index (χ0v) is 10.1. The molecule has 1 atom stereocenters. The highest BCUT2D eigenvalue weighted by Crippen LogP contribution is 2.17. The van der Waals surface area contributed by atoms with E-state index in [9.17, 15) is 14.2 Å². The standard InChI is InChI=1S/C11H14BFN2O4/c13-8-4-6(5-9(14)11(16)17)3-7-10(8)15-1-2-19-12(7)18/h3-4,9,15,18H,1-2,5,14H2,(H,16,17)/t9-/m0/s1. The topological polar surface area (TPSA) is 105 Å². The number of fused-ring (bicyclic) bond motifs is 1. The first-order valence-electron chi connectivity index (χ1n) is 5.83. The van der Waals surface area contributed by atoms with Gasteiger partial charge in [-0.1, -0.05) is 6.07 Å². The van der Waals surface area contributed by atoms with Crippen molar-refractivity contribution in [2.24, 2.45) is 5.73 Å². The predicted molar refractivity (Wildman–Crippen MR) is 67.8 cm³/mol. The molecular formula is C11H14BFN2O4. The number of halogens is 1. The molecule has 0 bridgehead atoms. The van der Waals surface area contributed by atoms with Crippen LogP contribution < -0.4 is 16.5 Å². The largest absolute Gasteiger partial charge is 0.493 e. The van der Waals surface area contributed by atoms with E-state index in [0.717, 1.165) is 0 Å². The molecule has 8 heteroatoms. The molecule has 0 unspecified atom stereocenters. The average Bonchev–Trinajstić information content (AvgIpc) is 2.52. The molecule has 19 heavy (non-hydrogen) atoms. The predicted octanol–water partition coefficient (Wildman–Crippen LogP) is -1.09. The first kappa shape index (κ1) is 13.8. The minimum atomic E-state index is -1.24. The molecule has 0 fully saturated rings. The van der Waals surface area contributed by atoms with Crippen LogP contribution in [0.2, 0.25) is 0 Å². The van der Waals surface area contributed by atoms with E-state index in [0.29, 0.717) is 12.1 Å². The summed E-state index contributed by atoms with van der Waals surface area (Å²) in [5.74, 6) is -1.72. The Bertz CT molecular complexity index is 500. The second-order valence-electron chi connectivity index (χ2n) is 4.34. The van der Waals surface area contributed by atoms with Gasteiger partial charge < -0.3 is 25.8 Å². The molecule has 0 amide bonds. The summed E-state index contributed by atoms with van der Waals surface area (Å²) in [6, 6.07) is 1.60. The molecule has 0 spiro atoms. The Kier molecular flexibility index (Phi) is 4.03. The molecule has 0 saturated heterocycles. The number of aliphatic carboxylic acids is 1. The molecule has 2 rings (SSSR count). The second kappa shape index (κ2) is 5.56. The molecule has 5 N–H and O–H groups in total. The first-order chi connectivity index (χ1) is 8.99. The van der Waals surface area contributed by atoms with Crippen LogP contribution in [-0.4, -0.2) is 42.4 Å². The van der Waals surface area contributed by atoms with Crippen LogP contribution in [0.5, 0.6) is 0 Å². The van der Waals surface area contributed by atoms with Crippen LogP contribution in [0.3, 0.4) is 0 Å². The quantitative estimate of drug-likeness (QED) is 0.519. The van der Waals surface area contributed by atoms with Crippen LogP contribution >= 0.6 is 0 Å². The fraction of sp³-hybridized carbons (Fsp3) is 0.364. The lowest BCUT2D eigenvalue weighted by Gasteiger charge is -2.13. The van der Waals surface area contributed by atoms with Gasteiger partial charge >= 0.3 is 13.1 Å². The maximum atomic E-state index is 13.9. The zero-order chi connectivity index (χ0) is 14.0. The summed E-state index contributed by atoms with van der Waals surface area (Å²) in [4.78, 5) is 10.7. The van der Waals surface area contributed by atoms with Gasteiger partial charge in [0.1, 0.15) is 11.9 Å². The number of anilines is 1. The Morgan fingerprint density at radius 3 is 3.05 bits per heavy atom. The van der Waals surface area contributed by atoms with Crippen LogP contribution in [0.1, 0.15) is 5.56 Å². The van der Waals surface area contributed by atoms with Gasteiger partial charge in [0, 0.05) is 18.6 Å². The Hall–Kier alpha value is -1.64. The maximum absolute atomic E-state index is 13.9. The number of hydrogen-bond donors (Lipinski definition) is 4. The monoisotopic (exact) mass is 268 g/mol. The van der Waals surface area contributed by atoms with E-state index in [1.165, 1.54) is 12.1 Å². The van der Waals surface area contributed by atoms with E-state index >= 15 is 0 Å². The SMILES string of the molecule is N[C@@H](Cc1cc(F)c2c(c1)B(O)OCCN2)C(=O)O. The van der Waals surface area contributed by atoms with Gasteiger partial charge in [0.25, 0.3) is 0 Å². The molecule has 6 nitrogen and oxygen atoms in total. The van der Waals surface area contributed by atoms with Gasteiger partial charge in [0.2, 0.25) is 0 Å². The summed E-state index contributed by atoms with van der Waals surface area (Å²) in [6.07, 6.45) is -0.0216. The third-order valence-corrected chi connectivity index (χ3v) is 2.90. The molecule has 102 valence electrons. The molecular weight excluding hydrogens is 254 g/mol. The van der Waals surface area contributed by atoms with Crippen molar-refractivity contribution >= 4 is 24.2 Å². The second-order valence-corrected chi connectivity index (χ2v) is 4.34. The number of benzene rings is 1.